The van der Waals surface area contributed by atoms with E-state index in [-0.39, 0.29) is 30.9 Å². The van der Waals surface area contributed by atoms with Crippen molar-refractivity contribution in [1.82, 2.24) is 9.97 Å². The normalized spacial score (nSPS) is 17.2. The number of hydrogen-bond donors (Lipinski definition) is 1. The Labute approximate surface area is 249 Å². The maximum atomic E-state index is 13.5. The molecule has 1 aliphatic rings. The summed E-state index contributed by atoms with van der Waals surface area (Å²) in [7, 11) is -3.16. The second-order valence-electron chi connectivity index (χ2n) is 10.1. The number of ether oxygens (including phenoxy) is 3. The lowest BCUT2D eigenvalue weighted by atomic mass is 9.83. The van der Waals surface area contributed by atoms with Gasteiger partial charge in [0.15, 0.2) is 5.60 Å². The summed E-state index contributed by atoms with van der Waals surface area (Å²) in [6.07, 6.45) is 7.08. The van der Waals surface area contributed by atoms with Crippen LogP contribution in [0.5, 0.6) is 5.75 Å². The van der Waals surface area contributed by atoms with Gasteiger partial charge < -0.3 is 19.5 Å². The van der Waals surface area contributed by atoms with E-state index in [1.807, 2.05) is 37.3 Å². The maximum absolute atomic E-state index is 13.5. The Bertz CT molecular complexity index is 1710. The molecule has 0 saturated carbocycles. The van der Waals surface area contributed by atoms with Gasteiger partial charge in [-0.05, 0) is 66.1 Å². The van der Waals surface area contributed by atoms with Crippen molar-refractivity contribution >= 4 is 43.8 Å². The van der Waals surface area contributed by atoms with Crippen LogP contribution in [0, 0.1) is 5.82 Å². The van der Waals surface area contributed by atoms with Crippen molar-refractivity contribution in [2.45, 2.75) is 38.1 Å². The second kappa shape index (κ2) is 12.6. The van der Waals surface area contributed by atoms with Crippen molar-refractivity contribution in [3.8, 4) is 5.75 Å². The molecule has 1 aromatic heterocycles. The first kappa shape index (κ1) is 29.8. The van der Waals surface area contributed by atoms with Gasteiger partial charge in [-0.15, -0.1) is 0 Å². The molecule has 220 valence electrons. The Morgan fingerprint density at radius 3 is 2.71 bits per heavy atom. The lowest BCUT2D eigenvalue weighted by molar-refractivity contribution is -0.107. The first-order chi connectivity index (χ1) is 20.2. The van der Waals surface area contributed by atoms with Crippen molar-refractivity contribution in [3.05, 3.63) is 101 Å². The van der Waals surface area contributed by atoms with Crippen molar-refractivity contribution in [2.24, 2.45) is 0 Å². The van der Waals surface area contributed by atoms with Gasteiger partial charge >= 0.3 is 0 Å². The molecule has 0 fully saturated rings. The van der Waals surface area contributed by atoms with Gasteiger partial charge in [-0.3, -0.25) is 0 Å². The summed E-state index contributed by atoms with van der Waals surface area (Å²) >= 11 is 6.51. The van der Waals surface area contributed by atoms with E-state index >= 15 is 0 Å². The summed E-state index contributed by atoms with van der Waals surface area (Å²) in [5.74, 6) is 0.645. The quantitative estimate of drug-likeness (QED) is 0.189. The highest BCUT2D eigenvalue weighted by atomic mass is 35.5. The van der Waals surface area contributed by atoms with Gasteiger partial charge in [-0.1, -0.05) is 36.7 Å². The molecule has 0 amide bonds. The number of aromatic nitrogens is 2. The first-order valence-electron chi connectivity index (χ1n) is 13.5. The van der Waals surface area contributed by atoms with Crippen molar-refractivity contribution < 1.29 is 27.0 Å². The molecule has 8 nitrogen and oxygen atoms in total. The fourth-order valence-corrected chi connectivity index (χ4v) is 5.62. The van der Waals surface area contributed by atoms with Crippen molar-refractivity contribution in [2.75, 3.05) is 23.9 Å². The number of rotatable bonds is 12. The highest BCUT2D eigenvalue weighted by Crippen LogP contribution is 2.42. The summed E-state index contributed by atoms with van der Waals surface area (Å²) in [6.45, 7) is 2.24. The number of fused-ring (bicyclic) bond motifs is 1. The van der Waals surface area contributed by atoms with E-state index in [0.29, 0.717) is 40.7 Å². The third kappa shape index (κ3) is 6.83. The molecule has 11 heteroatoms. The zero-order chi connectivity index (χ0) is 29.7. The minimum Gasteiger partial charge on any atom is -0.487 e. The molecule has 0 spiro atoms. The predicted octanol–water partition coefficient (Wildman–Crippen LogP) is 6.71. The van der Waals surface area contributed by atoms with Gasteiger partial charge in [0.2, 0.25) is 0 Å². The van der Waals surface area contributed by atoms with Crippen LogP contribution in [0.15, 0.2) is 79.3 Å². The van der Waals surface area contributed by atoms with Crippen LogP contribution in [0.3, 0.4) is 0 Å². The average Bonchev–Trinajstić information content (AvgIpc) is 3.45. The van der Waals surface area contributed by atoms with E-state index in [0.717, 1.165) is 16.5 Å². The number of benzene rings is 3. The summed E-state index contributed by atoms with van der Waals surface area (Å²) in [5, 5.41) is 4.47. The second-order valence-corrected chi connectivity index (χ2v) is 12.8. The van der Waals surface area contributed by atoms with E-state index in [4.69, 9.17) is 25.8 Å². The van der Waals surface area contributed by atoms with Gasteiger partial charge in [0.25, 0.3) is 0 Å². The lowest BCUT2D eigenvalue weighted by Crippen LogP contribution is -2.41. The molecule has 4 aromatic rings. The van der Waals surface area contributed by atoms with Gasteiger partial charge in [-0.2, -0.15) is 0 Å². The standard InChI is InChI=1S/C31H31ClFN3O5S/c1-3-29(39-14-15-42(2,37)38)31(12-5-13-41-31)22-8-10-27-25(17-22)30(35-20-34-27)36-24-9-11-28(26(32)18-24)40-19-21-6-4-7-23(33)16-21/h4-11,13,16-18,20,29H,3,12,14-15,19H2,1-2H3,(H,34,35,36). The maximum Gasteiger partial charge on any atom is 0.162 e. The predicted molar refractivity (Wildman–Crippen MR) is 161 cm³/mol. The molecule has 42 heavy (non-hydrogen) atoms. The number of hydrogen-bond acceptors (Lipinski definition) is 8. The molecule has 0 saturated heterocycles. The molecule has 2 atom stereocenters. The Hall–Kier alpha value is -3.73. The average molecular weight is 612 g/mol. The van der Waals surface area contributed by atoms with Crippen LogP contribution in [0.2, 0.25) is 5.02 Å². The summed E-state index contributed by atoms with van der Waals surface area (Å²) in [5.41, 5.74) is 2.15. The fourth-order valence-electron chi connectivity index (χ4n) is 4.98. The fraction of sp³-hybridized carbons (Fsp3) is 0.290. The molecule has 0 radical (unpaired) electrons. The highest BCUT2D eigenvalue weighted by molar-refractivity contribution is 7.90. The molecule has 0 bridgehead atoms. The highest BCUT2D eigenvalue weighted by Gasteiger charge is 2.44. The van der Waals surface area contributed by atoms with E-state index in [9.17, 15) is 12.8 Å². The summed E-state index contributed by atoms with van der Waals surface area (Å²) < 4.78 is 54.9. The molecule has 0 aliphatic carbocycles. The molecular weight excluding hydrogens is 581 g/mol. The molecule has 5 rings (SSSR count). The van der Waals surface area contributed by atoms with Crippen LogP contribution in [0.25, 0.3) is 10.9 Å². The molecule has 1 N–H and O–H groups in total. The Morgan fingerprint density at radius 2 is 2.00 bits per heavy atom. The molecule has 3 aromatic carbocycles. The van der Waals surface area contributed by atoms with E-state index in [1.54, 1.807) is 30.5 Å². The number of nitrogens with zero attached hydrogens (tertiary/aromatic N) is 2. The van der Waals surface area contributed by atoms with Gasteiger partial charge in [0.05, 0.1) is 29.2 Å². The smallest absolute Gasteiger partial charge is 0.162 e. The molecule has 1 aliphatic heterocycles. The van der Waals surface area contributed by atoms with Crippen LogP contribution >= 0.6 is 11.6 Å². The molecule has 2 heterocycles. The van der Waals surface area contributed by atoms with Gasteiger partial charge in [0, 0.05) is 23.8 Å². The van der Waals surface area contributed by atoms with Crippen LogP contribution in [0.1, 0.15) is 30.9 Å². The topological polar surface area (TPSA) is 99.6 Å². The number of halogens is 2. The van der Waals surface area contributed by atoms with Crippen LogP contribution in [-0.2, 0) is 31.5 Å². The van der Waals surface area contributed by atoms with Crippen molar-refractivity contribution in [1.29, 1.82) is 0 Å². The van der Waals surface area contributed by atoms with E-state index in [1.165, 1.54) is 24.7 Å². The van der Waals surface area contributed by atoms with Gasteiger partial charge in [0.1, 0.15) is 46.3 Å². The Kier molecular flexibility index (Phi) is 8.96. The van der Waals surface area contributed by atoms with Crippen LogP contribution < -0.4 is 10.1 Å². The lowest BCUT2D eigenvalue weighted by Gasteiger charge is -2.37. The SMILES string of the molecule is CCC(OCCS(C)(=O)=O)C1(c2ccc3ncnc(Nc4ccc(OCc5cccc(F)c5)c(Cl)c4)c3c2)CC=CO1. The molecule has 2 unspecified atom stereocenters. The van der Waals surface area contributed by atoms with Gasteiger partial charge in [-0.25, -0.2) is 22.8 Å². The number of nitrogens with one attached hydrogen (secondary N) is 1. The Morgan fingerprint density at radius 1 is 1.14 bits per heavy atom. The minimum atomic E-state index is -3.16. The van der Waals surface area contributed by atoms with Crippen LogP contribution in [-0.4, -0.2) is 43.1 Å². The largest absolute Gasteiger partial charge is 0.487 e. The first-order valence-corrected chi connectivity index (χ1v) is 15.9. The number of anilines is 2. The van der Waals surface area contributed by atoms with Crippen LogP contribution in [0.4, 0.5) is 15.9 Å². The Balaban J connectivity index is 1.39. The van der Waals surface area contributed by atoms with E-state index in [2.05, 4.69) is 15.3 Å². The summed E-state index contributed by atoms with van der Waals surface area (Å²) in [4.78, 5) is 8.91. The third-order valence-electron chi connectivity index (χ3n) is 7.06. The van der Waals surface area contributed by atoms with Crippen molar-refractivity contribution in [3.63, 3.8) is 0 Å². The summed E-state index contributed by atoms with van der Waals surface area (Å²) in [6, 6.07) is 17.3. The minimum absolute atomic E-state index is 0.0656. The number of sulfone groups is 1. The zero-order valence-corrected chi connectivity index (χ0v) is 24.8. The zero-order valence-electron chi connectivity index (χ0n) is 23.2. The molecular formula is C31H31ClFN3O5S. The third-order valence-corrected chi connectivity index (χ3v) is 8.27. The monoisotopic (exact) mass is 611 g/mol. The van der Waals surface area contributed by atoms with E-state index < -0.39 is 15.4 Å².